The maximum atomic E-state index is 12.6. The third-order valence-corrected chi connectivity index (χ3v) is 3.87. The molecule has 7 nitrogen and oxygen atoms in total. The van der Waals surface area contributed by atoms with E-state index >= 15 is 0 Å². The van der Waals surface area contributed by atoms with Gasteiger partial charge in [-0.1, -0.05) is 6.07 Å². The van der Waals surface area contributed by atoms with E-state index in [9.17, 15) is 9.59 Å². The molecule has 0 radical (unpaired) electrons. The van der Waals surface area contributed by atoms with Crippen molar-refractivity contribution in [3.05, 3.63) is 57.7 Å². The number of carbonyl (C=O) groups is 1. The van der Waals surface area contributed by atoms with Gasteiger partial charge >= 0.3 is 6.09 Å². The van der Waals surface area contributed by atoms with Gasteiger partial charge < -0.3 is 4.74 Å². The van der Waals surface area contributed by atoms with Gasteiger partial charge in [0.25, 0.3) is 5.56 Å². The van der Waals surface area contributed by atoms with E-state index in [1.54, 1.807) is 51.2 Å². The maximum Gasteiger partial charge on any atom is 0.412 e. The second-order valence-electron chi connectivity index (χ2n) is 7.05. The van der Waals surface area contributed by atoms with E-state index in [-0.39, 0.29) is 10.8 Å². The summed E-state index contributed by atoms with van der Waals surface area (Å²) in [6.07, 6.45) is 1.00. The van der Waals surface area contributed by atoms with Gasteiger partial charge in [0.1, 0.15) is 5.60 Å². The minimum atomic E-state index is -0.612. The zero-order chi connectivity index (χ0) is 19.8. The van der Waals surface area contributed by atoms with Crippen LogP contribution in [-0.2, 0) is 4.74 Å². The van der Waals surface area contributed by atoms with E-state index in [1.807, 2.05) is 6.92 Å². The Hall–Kier alpha value is -2.93. The second kappa shape index (κ2) is 7.00. The van der Waals surface area contributed by atoms with E-state index in [4.69, 9.17) is 16.3 Å². The first-order valence-electron chi connectivity index (χ1n) is 8.29. The topological polar surface area (TPSA) is 86.1 Å². The van der Waals surface area contributed by atoms with Crippen LogP contribution in [0.15, 0.2) is 41.3 Å². The molecule has 140 valence electrons. The number of hydrogen-bond acceptors (Lipinski definition) is 5. The molecule has 0 fully saturated rings. The zero-order valence-corrected chi connectivity index (χ0v) is 16.2. The largest absolute Gasteiger partial charge is 0.444 e. The monoisotopic (exact) mass is 386 g/mol. The summed E-state index contributed by atoms with van der Waals surface area (Å²) < 4.78 is 6.68. The number of aryl methyl sites for hydroxylation is 1. The number of pyridine rings is 1. The molecule has 1 amide bonds. The van der Waals surface area contributed by atoms with E-state index < -0.39 is 11.7 Å². The molecule has 3 rings (SSSR count). The Morgan fingerprint density at radius 1 is 1.26 bits per heavy atom. The number of halogens is 1. The summed E-state index contributed by atoms with van der Waals surface area (Å²) >= 11 is 5.93. The van der Waals surface area contributed by atoms with Gasteiger partial charge in [0.05, 0.1) is 5.69 Å². The number of aromatic nitrogens is 3. The van der Waals surface area contributed by atoms with Crippen LogP contribution in [0, 0.1) is 6.92 Å². The van der Waals surface area contributed by atoms with Crippen molar-refractivity contribution in [1.82, 2.24) is 14.5 Å². The summed E-state index contributed by atoms with van der Waals surface area (Å²) in [7, 11) is 0. The predicted molar refractivity (Wildman–Crippen MR) is 105 cm³/mol. The van der Waals surface area contributed by atoms with E-state index in [0.29, 0.717) is 22.4 Å². The lowest BCUT2D eigenvalue weighted by Gasteiger charge is -2.20. The number of benzene rings is 1. The highest BCUT2D eigenvalue weighted by Gasteiger charge is 2.17. The molecule has 0 aliphatic carbocycles. The Kier molecular flexibility index (Phi) is 4.89. The van der Waals surface area contributed by atoms with Crippen molar-refractivity contribution in [1.29, 1.82) is 0 Å². The smallest absolute Gasteiger partial charge is 0.412 e. The summed E-state index contributed by atoms with van der Waals surface area (Å²) in [5.41, 5.74) is 1.31. The lowest BCUT2D eigenvalue weighted by atomic mass is 10.2. The first-order valence-corrected chi connectivity index (χ1v) is 8.67. The highest BCUT2D eigenvalue weighted by Crippen LogP contribution is 2.21. The average Bonchev–Trinajstić information content (AvgIpc) is 2.52. The second-order valence-corrected chi connectivity index (χ2v) is 7.39. The molecule has 3 aromatic rings. The summed E-state index contributed by atoms with van der Waals surface area (Å²) in [6, 6.07) is 8.34. The number of anilines is 1. The third-order valence-electron chi connectivity index (χ3n) is 3.69. The lowest BCUT2D eigenvalue weighted by molar-refractivity contribution is 0.0636. The van der Waals surface area contributed by atoms with Gasteiger partial charge in [-0.15, -0.1) is 0 Å². The quantitative estimate of drug-likeness (QED) is 0.670. The van der Waals surface area contributed by atoms with Gasteiger partial charge in [0, 0.05) is 23.3 Å². The first kappa shape index (κ1) is 18.8. The van der Waals surface area contributed by atoms with Crippen molar-refractivity contribution < 1.29 is 9.53 Å². The fourth-order valence-corrected chi connectivity index (χ4v) is 2.76. The maximum absolute atomic E-state index is 12.6. The Bertz CT molecular complexity index is 1090. The molecule has 0 saturated heterocycles. The molecule has 1 aromatic carbocycles. The molecule has 0 bridgehead atoms. The Morgan fingerprint density at radius 3 is 2.70 bits per heavy atom. The number of fused-ring (bicyclic) bond motifs is 1. The van der Waals surface area contributed by atoms with Crippen LogP contribution in [0.2, 0.25) is 5.28 Å². The number of carbonyl (C=O) groups excluding carboxylic acids is 1. The van der Waals surface area contributed by atoms with Crippen LogP contribution in [-0.4, -0.2) is 26.2 Å². The third kappa shape index (κ3) is 4.25. The van der Waals surface area contributed by atoms with Gasteiger partial charge in [-0.25, -0.2) is 9.78 Å². The highest BCUT2D eigenvalue weighted by molar-refractivity contribution is 6.28. The molecule has 8 heteroatoms. The Morgan fingerprint density at radius 2 is 2.00 bits per heavy atom. The van der Waals surface area contributed by atoms with E-state index in [2.05, 4.69) is 15.3 Å². The van der Waals surface area contributed by atoms with Crippen LogP contribution in [0.3, 0.4) is 0 Å². The molecule has 2 heterocycles. The van der Waals surface area contributed by atoms with Crippen LogP contribution in [0.4, 0.5) is 10.5 Å². The van der Waals surface area contributed by atoms with Crippen LogP contribution < -0.4 is 10.9 Å². The predicted octanol–water partition coefficient (Wildman–Crippen LogP) is 4.09. The molecule has 0 aliphatic heterocycles. The van der Waals surface area contributed by atoms with Crippen molar-refractivity contribution in [3.8, 4) is 5.69 Å². The van der Waals surface area contributed by atoms with Crippen molar-refractivity contribution in [2.75, 3.05) is 5.32 Å². The van der Waals surface area contributed by atoms with Crippen molar-refractivity contribution in [3.63, 3.8) is 0 Å². The molecular formula is C19H19ClN4O3. The highest BCUT2D eigenvalue weighted by atomic mass is 35.5. The van der Waals surface area contributed by atoms with Crippen LogP contribution >= 0.6 is 11.6 Å². The molecule has 0 aliphatic rings. The van der Waals surface area contributed by atoms with Gasteiger partial charge in [-0.3, -0.25) is 14.7 Å². The fraction of sp³-hybridized carbons (Fsp3) is 0.263. The van der Waals surface area contributed by atoms with Gasteiger partial charge in [0.2, 0.25) is 5.28 Å². The lowest BCUT2D eigenvalue weighted by Crippen LogP contribution is -2.27. The average molecular weight is 387 g/mol. The van der Waals surface area contributed by atoms with Crippen molar-refractivity contribution in [2.24, 2.45) is 0 Å². The van der Waals surface area contributed by atoms with E-state index in [0.717, 1.165) is 5.56 Å². The molecule has 27 heavy (non-hydrogen) atoms. The van der Waals surface area contributed by atoms with Gasteiger partial charge in [0.15, 0.2) is 5.65 Å². The Balaban J connectivity index is 2.07. The van der Waals surface area contributed by atoms with Gasteiger partial charge in [-0.05, 0) is 63.1 Å². The number of amides is 1. The van der Waals surface area contributed by atoms with Crippen LogP contribution in [0.5, 0.6) is 0 Å². The first-order chi connectivity index (χ1) is 12.6. The van der Waals surface area contributed by atoms with Crippen LogP contribution in [0.1, 0.15) is 26.3 Å². The SMILES string of the molecule is Cc1cc(=O)n(-c2cccc(NC(=O)OC(C)(C)C)c2)c2nc(Cl)ncc12. The number of rotatable bonds is 2. The number of ether oxygens (including phenoxy) is 1. The molecule has 0 saturated carbocycles. The number of nitrogens with zero attached hydrogens (tertiary/aromatic N) is 3. The van der Waals surface area contributed by atoms with Gasteiger partial charge in [-0.2, -0.15) is 4.98 Å². The summed E-state index contributed by atoms with van der Waals surface area (Å²) in [5, 5.41) is 3.42. The summed E-state index contributed by atoms with van der Waals surface area (Å²) in [4.78, 5) is 32.8. The van der Waals surface area contributed by atoms with Crippen molar-refractivity contribution in [2.45, 2.75) is 33.3 Å². The summed E-state index contributed by atoms with van der Waals surface area (Å²) in [6.45, 7) is 7.16. The van der Waals surface area contributed by atoms with E-state index in [1.165, 1.54) is 10.6 Å². The molecule has 1 N–H and O–H groups in total. The van der Waals surface area contributed by atoms with Crippen LogP contribution in [0.25, 0.3) is 16.7 Å². The number of hydrogen-bond donors (Lipinski definition) is 1. The zero-order valence-electron chi connectivity index (χ0n) is 15.4. The summed E-state index contributed by atoms with van der Waals surface area (Å²) in [5.74, 6) is 0. The minimum absolute atomic E-state index is 0.0456. The molecule has 0 spiro atoms. The minimum Gasteiger partial charge on any atom is -0.444 e. The molecule has 0 unspecified atom stereocenters. The normalized spacial score (nSPS) is 11.4. The molecule has 2 aromatic heterocycles. The fourth-order valence-electron chi connectivity index (χ4n) is 2.63. The number of nitrogens with one attached hydrogen (secondary N) is 1. The van der Waals surface area contributed by atoms with Crippen molar-refractivity contribution >= 4 is 34.4 Å². The molecular weight excluding hydrogens is 368 g/mol. The standard InChI is InChI=1S/C19H19ClN4O3/c1-11-8-15(25)24(16-14(11)10-21-17(20)23-16)13-7-5-6-12(9-13)22-18(26)27-19(2,3)4/h5-10H,1-4H3,(H,22,26). The Labute approximate surface area is 161 Å². The molecule has 0 atom stereocenters.